The Bertz CT molecular complexity index is 1100. The molecule has 30 heavy (non-hydrogen) atoms. The fourth-order valence-electron chi connectivity index (χ4n) is 4.51. The number of aryl methyl sites for hydroxylation is 1. The van der Waals surface area contributed by atoms with Crippen LogP contribution in [0, 0.1) is 0 Å². The van der Waals surface area contributed by atoms with Crippen molar-refractivity contribution in [2.45, 2.75) is 50.5 Å². The molecule has 0 radical (unpaired) electrons. The molecule has 0 atom stereocenters. The molecule has 5 rings (SSSR count). The van der Waals surface area contributed by atoms with Gasteiger partial charge in [-0.2, -0.15) is 5.21 Å². The second-order valence-corrected chi connectivity index (χ2v) is 8.15. The second kappa shape index (κ2) is 8.22. The zero-order chi connectivity index (χ0) is 20.2. The molecular formula is C24H25N5O. The smallest absolute Gasteiger partial charge is 0.180 e. The molecule has 6 nitrogen and oxygen atoms in total. The summed E-state index contributed by atoms with van der Waals surface area (Å²) in [4.78, 5) is 4.67. The third-order valence-corrected chi connectivity index (χ3v) is 6.24. The second-order valence-electron chi connectivity index (χ2n) is 8.15. The zero-order valence-electron chi connectivity index (χ0n) is 16.9. The average molecular weight is 399 g/mol. The molecule has 6 heteroatoms. The van der Waals surface area contributed by atoms with Gasteiger partial charge in [-0.1, -0.05) is 54.5 Å². The van der Waals surface area contributed by atoms with Crippen molar-refractivity contribution in [1.29, 1.82) is 0 Å². The van der Waals surface area contributed by atoms with E-state index in [1.54, 1.807) is 0 Å². The number of aromatic amines is 1. The molecule has 152 valence electrons. The number of ether oxygens (including phenoxy) is 1. The number of rotatable bonds is 7. The Morgan fingerprint density at radius 2 is 1.77 bits per heavy atom. The van der Waals surface area contributed by atoms with E-state index in [1.807, 2.05) is 36.4 Å². The summed E-state index contributed by atoms with van der Waals surface area (Å²) < 4.78 is 5.96. The normalized spacial score (nSPS) is 15.5. The van der Waals surface area contributed by atoms with E-state index in [4.69, 9.17) is 4.74 Å². The molecular weight excluding hydrogens is 374 g/mol. The number of H-pyrrole nitrogens is 1. The molecule has 2 aromatic heterocycles. The van der Waals surface area contributed by atoms with Gasteiger partial charge >= 0.3 is 0 Å². The van der Waals surface area contributed by atoms with Crippen molar-refractivity contribution >= 4 is 10.9 Å². The van der Waals surface area contributed by atoms with Crippen LogP contribution in [0.15, 0.2) is 60.7 Å². The van der Waals surface area contributed by atoms with Gasteiger partial charge in [0.05, 0.1) is 11.2 Å². The third kappa shape index (κ3) is 3.90. The van der Waals surface area contributed by atoms with E-state index >= 15 is 0 Å². The Kier molecular flexibility index (Phi) is 5.13. The Balaban J connectivity index is 1.20. The van der Waals surface area contributed by atoms with Crippen molar-refractivity contribution in [3.63, 3.8) is 0 Å². The maximum absolute atomic E-state index is 5.96. The van der Waals surface area contributed by atoms with Crippen molar-refractivity contribution in [2.24, 2.45) is 0 Å². The Morgan fingerprint density at radius 1 is 0.933 bits per heavy atom. The number of nitrogens with one attached hydrogen (secondary N) is 1. The summed E-state index contributed by atoms with van der Waals surface area (Å²) in [5.74, 6) is 1.74. The van der Waals surface area contributed by atoms with Crippen LogP contribution in [0.3, 0.4) is 0 Å². The Morgan fingerprint density at radius 3 is 2.57 bits per heavy atom. The van der Waals surface area contributed by atoms with Crippen LogP contribution in [0.2, 0.25) is 0 Å². The summed E-state index contributed by atoms with van der Waals surface area (Å²) in [6.45, 7) is 0.463. The summed E-state index contributed by atoms with van der Waals surface area (Å²) in [5, 5.41) is 16.1. The number of para-hydroxylation sites is 1. The monoisotopic (exact) mass is 399 g/mol. The quantitative estimate of drug-likeness (QED) is 0.484. The molecule has 1 aliphatic rings. The van der Waals surface area contributed by atoms with Gasteiger partial charge in [0.2, 0.25) is 0 Å². The molecule has 0 unspecified atom stereocenters. The number of tetrazole rings is 1. The van der Waals surface area contributed by atoms with E-state index in [0.717, 1.165) is 53.9 Å². The van der Waals surface area contributed by atoms with Gasteiger partial charge in [-0.25, -0.2) is 4.98 Å². The van der Waals surface area contributed by atoms with Gasteiger partial charge in [0, 0.05) is 10.8 Å². The summed E-state index contributed by atoms with van der Waals surface area (Å²) in [5.41, 5.74) is 3.31. The van der Waals surface area contributed by atoms with E-state index < -0.39 is 0 Å². The topological polar surface area (TPSA) is 76.6 Å². The number of hydrogen-bond acceptors (Lipinski definition) is 5. The van der Waals surface area contributed by atoms with Crippen molar-refractivity contribution < 1.29 is 4.74 Å². The van der Waals surface area contributed by atoms with Gasteiger partial charge < -0.3 is 4.74 Å². The van der Waals surface area contributed by atoms with Crippen LogP contribution in [-0.2, 0) is 18.4 Å². The third-order valence-electron chi connectivity index (χ3n) is 6.24. The minimum atomic E-state index is 0.0733. The van der Waals surface area contributed by atoms with E-state index in [0.29, 0.717) is 6.61 Å². The van der Waals surface area contributed by atoms with Crippen molar-refractivity contribution in [3.8, 4) is 5.75 Å². The molecule has 1 N–H and O–H groups in total. The molecule has 2 aromatic carbocycles. The predicted octanol–water partition coefficient (Wildman–Crippen LogP) is 4.77. The minimum Gasteiger partial charge on any atom is -0.487 e. The molecule has 4 aromatic rings. The molecule has 0 amide bonds. The maximum Gasteiger partial charge on any atom is 0.180 e. The van der Waals surface area contributed by atoms with Gasteiger partial charge in [-0.05, 0) is 55.5 Å². The van der Waals surface area contributed by atoms with E-state index in [1.165, 1.54) is 18.4 Å². The SMILES string of the molecule is c1ccc2nc(COc3ccc(CCC4(c5nn[nH]n5)CCCC4)cc3)ccc2c1. The van der Waals surface area contributed by atoms with Gasteiger partial charge in [-0.3, -0.25) is 0 Å². The highest BCUT2D eigenvalue weighted by molar-refractivity contribution is 5.78. The highest BCUT2D eigenvalue weighted by atomic mass is 16.5. The average Bonchev–Trinajstić information content (AvgIpc) is 3.50. The number of benzene rings is 2. The first-order chi connectivity index (χ1) is 14.8. The van der Waals surface area contributed by atoms with Crippen LogP contribution in [0.25, 0.3) is 10.9 Å². The van der Waals surface area contributed by atoms with Crippen LogP contribution < -0.4 is 4.74 Å². The van der Waals surface area contributed by atoms with Crippen molar-refractivity contribution in [2.75, 3.05) is 0 Å². The largest absolute Gasteiger partial charge is 0.487 e. The first-order valence-electron chi connectivity index (χ1n) is 10.6. The lowest BCUT2D eigenvalue weighted by atomic mass is 9.80. The first-order valence-corrected chi connectivity index (χ1v) is 10.6. The molecule has 1 saturated carbocycles. The molecule has 1 aliphatic carbocycles. The highest BCUT2D eigenvalue weighted by Gasteiger charge is 2.38. The van der Waals surface area contributed by atoms with Crippen LogP contribution in [0.4, 0.5) is 0 Å². The van der Waals surface area contributed by atoms with Crippen LogP contribution >= 0.6 is 0 Å². The van der Waals surface area contributed by atoms with Crippen molar-refractivity contribution in [1.82, 2.24) is 25.6 Å². The fraction of sp³-hybridized carbons (Fsp3) is 0.333. The van der Waals surface area contributed by atoms with Gasteiger partial charge in [-0.15, -0.1) is 10.2 Å². The summed E-state index contributed by atoms with van der Waals surface area (Å²) in [6, 6.07) is 20.6. The number of nitrogens with zero attached hydrogens (tertiary/aromatic N) is 4. The van der Waals surface area contributed by atoms with Crippen LogP contribution in [-0.4, -0.2) is 25.6 Å². The minimum absolute atomic E-state index is 0.0733. The number of fused-ring (bicyclic) bond motifs is 1. The van der Waals surface area contributed by atoms with Crippen LogP contribution in [0.1, 0.15) is 49.2 Å². The zero-order valence-corrected chi connectivity index (χ0v) is 16.9. The molecule has 0 spiro atoms. The van der Waals surface area contributed by atoms with Crippen molar-refractivity contribution in [3.05, 3.63) is 77.7 Å². The Hall–Kier alpha value is -3.28. The highest BCUT2D eigenvalue weighted by Crippen LogP contribution is 2.42. The molecule has 1 fully saturated rings. The van der Waals surface area contributed by atoms with Gasteiger partial charge in [0.1, 0.15) is 12.4 Å². The lowest BCUT2D eigenvalue weighted by Crippen LogP contribution is -2.24. The summed E-state index contributed by atoms with van der Waals surface area (Å²) in [7, 11) is 0. The van der Waals surface area contributed by atoms with E-state index in [-0.39, 0.29) is 5.41 Å². The van der Waals surface area contributed by atoms with E-state index in [2.05, 4.69) is 49.9 Å². The number of aromatic nitrogens is 5. The first kappa shape index (κ1) is 18.7. The fourth-order valence-corrected chi connectivity index (χ4v) is 4.51. The molecule has 0 bridgehead atoms. The standard InChI is InChI=1S/C24H25N5O/c1-2-6-22-19(5-1)9-10-20(25-22)17-30-21-11-7-18(8-12-21)13-16-24(14-3-4-15-24)23-26-28-29-27-23/h1-2,5-12H,3-4,13-17H2,(H,26,27,28,29). The molecule has 0 aliphatic heterocycles. The van der Waals surface area contributed by atoms with E-state index in [9.17, 15) is 0 Å². The lowest BCUT2D eigenvalue weighted by Gasteiger charge is -2.25. The Labute approximate surface area is 175 Å². The molecule has 0 saturated heterocycles. The summed E-state index contributed by atoms with van der Waals surface area (Å²) >= 11 is 0. The number of pyridine rings is 1. The van der Waals surface area contributed by atoms with Gasteiger partial charge in [0.15, 0.2) is 5.82 Å². The van der Waals surface area contributed by atoms with Crippen LogP contribution in [0.5, 0.6) is 5.75 Å². The maximum atomic E-state index is 5.96. The van der Waals surface area contributed by atoms with Gasteiger partial charge in [0.25, 0.3) is 0 Å². The summed E-state index contributed by atoms with van der Waals surface area (Å²) in [6.07, 6.45) is 6.82. The lowest BCUT2D eigenvalue weighted by molar-refractivity contribution is 0.301. The number of hydrogen-bond donors (Lipinski definition) is 1. The molecule has 2 heterocycles. The predicted molar refractivity (Wildman–Crippen MR) is 115 cm³/mol.